The van der Waals surface area contributed by atoms with E-state index in [1.807, 2.05) is 60.7 Å². The smallest absolute Gasteiger partial charge is 0.347 e. The predicted molar refractivity (Wildman–Crippen MR) is 116 cm³/mol. The average Bonchev–Trinajstić information content (AvgIpc) is 3.16. The predicted octanol–water partition coefficient (Wildman–Crippen LogP) is 3.89. The standard InChI is InChI=1S/C22H17N7O/c1-14(23)18-13-24-22(30-29-20-9-5-4-8-19(20)27-28-29)26-21(18)25-17-11-10-15-6-2-3-7-16(15)12-17/h2-13H,1,23H2,(H,24,25,26). The molecule has 0 fully saturated rings. The van der Waals surface area contributed by atoms with Crippen LogP contribution in [0.3, 0.4) is 0 Å². The van der Waals surface area contributed by atoms with Crippen LogP contribution in [0.4, 0.5) is 11.5 Å². The molecule has 5 rings (SSSR count). The number of para-hydroxylation sites is 1. The van der Waals surface area contributed by atoms with Gasteiger partial charge in [0.25, 0.3) is 0 Å². The highest BCUT2D eigenvalue weighted by Crippen LogP contribution is 2.26. The summed E-state index contributed by atoms with van der Waals surface area (Å²) in [5.41, 5.74) is 9.13. The van der Waals surface area contributed by atoms with Gasteiger partial charge in [0.2, 0.25) is 0 Å². The second-order valence-electron chi connectivity index (χ2n) is 6.67. The molecular weight excluding hydrogens is 378 g/mol. The molecule has 0 radical (unpaired) electrons. The lowest BCUT2D eigenvalue weighted by molar-refractivity contribution is 0.167. The summed E-state index contributed by atoms with van der Waals surface area (Å²) in [6.45, 7) is 3.81. The van der Waals surface area contributed by atoms with Crippen LogP contribution < -0.4 is 15.9 Å². The molecule has 0 aliphatic carbocycles. The fourth-order valence-corrected chi connectivity index (χ4v) is 3.14. The van der Waals surface area contributed by atoms with Crippen LogP contribution in [-0.2, 0) is 0 Å². The zero-order chi connectivity index (χ0) is 20.5. The number of nitrogens with one attached hydrogen (secondary N) is 1. The first-order valence-corrected chi connectivity index (χ1v) is 9.24. The Morgan fingerprint density at radius 2 is 1.80 bits per heavy atom. The molecule has 0 atom stereocenters. The monoisotopic (exact) mass is 395 g/mol. The molecule has 30 heavy (non-hydrogen) atoms. The van der Waals surface area contributed by atoms with E-state index >= 15 is 0 Å². The fourth-order valence-electron chi connectivity index (χ4n) is 3.14. The number of nitrogens with zero attached hydrogens (tertiary/aromatic N) is 5. The van der Waals surface area contributed by atoms with Crippen LogP contribution in [0.25, 0.3) is 27.5 Å². The van der Waals surface area contributed by atoms with E-state index in [4.69, 9.17) is 10.6 Å². The van der Waals surface area contributed by atoms with Gasteiger partial charge in [0.05, 0.1) is 5.56 Å². The largest absolute Gasteiger partial charge is 0.399 e. The Hall–Kier alpha value is -4.46. The first-order chi connectivity index (χ1) is 14.7. The van der Waals surface area contributed by atoms with Gasteiger partial charge in [-0.15, -0.1) is 5.10 Å². The SMILES string of the molecule is C=C(N)c1cnc(On2nnc3ccccc32)nc1Nc1ccc2ccccc2c1. The molecular formula is C22H17N7O. The van der Waals surface area contributed by atoms with Gasteiger partial charge in [0.1, 0.15) is 16.9 Å². The van der Waals surface area contributed by atoms with Crippen LogP contribution in [0.5, 0.6) is 6.01 Å². The second kappa shape index (κ2) is 7.17. The summed E-state index contributed by atoms with van der Waals surface area (Å²) in [7, 11) is 0. The molecule has 5 aromatic rings. The van der Waals surface area contributed by atoms with Crippen LogP contribution >= 0.6 is 0 Å². The van der Waals surface area contributed by atoms with E-state index in [-0.39, 0.29) is 6.01 Å². The quantitative estimate of drug-likeness (QED) is 0.465. The molecule has 0 aliphatic rings. The number of nitrogens with two attached hydrogens (primary N) is 1. The lowest BCUT2D eigenvalue weighted by atomic mass is 10.1. The van der Waals surface area contributed by atoms with E-state index in [0.717, 1.165) is 16.5 Å². The van der Waals surface area contributed by atoms with E-state index in [0.29, 0.717) is 28.1 Å². The number of benzene rings is 3. The lowest BCUT2D eigenvalue weighted by Gasteiger charge is -2.12. The minimum atomic E-state index is 0.0962. The molecule has 8 heteroatoms. The zero-order valence-electron chi connectivity index (χ0n) is 15.9. The van der Waals surface area contributed by atoms with Crippen LogP contribution in [-0.4, -0.2) is 25.1 Å². The van der Waals surface area contributed by atoms with Gasteiger partial charge in [-0.05, 0) is 40.3 Å². The summed E-state index contributed by atoms with van der Waals surface area (Å²) in [5.74, 6) is 0.479. The molecule has 3 aromatic carbocycles. The lowest BCUT2D eigenvalue weighted by Crippen LogP contribution is -2.12. The van der Waals surface area contributed by atoms with Crippen LogP contribution in [0.15, 0.2) is 79.5 Å². The van der Waals surface area contributed by atoms with E-state index < -0.39 is 0 Å². The Kier molecular flexibility index (Phi) is 4.21. The normalized spacial score (nSPS) is 10.9. The minimum Gasteiger partial charge on any atom is -0.399 e. The summed E-state index contributed by atoms with van der Waals surface area (Å²) in [4.78, 5) is 15.7. The van der Waals surface area contributed by atoms with Crippen molar-refractivity contribution in [3.05, 3.63) is 85.1 Å². The van der Waals surface area contributed by atoms with Gasteiger partial charge < -0.3 is 15.9 Å². The fraction of sp³-hybridized carbons (Fsp3) is 0. The van der Waals surface area contributed by atoms with Gasteiger partial charge in [-0.1, -0.05) is 53.9 Å². The first kappa shape index (κ1) is 17.6. The van der Waals surface area contributed by atoms with Crippen LogP contribution in [0, 0.1) is 0 Å². The van der Waals surface area contributed by atoms with Crippen molar-refractivity contribution in [2.75, 3.05) is 5.32 Å². The highest BCUT2D eigenvalue weighted by molar-refractivity contribution is 5.87. The average molecular weight is 395 g/mol. The highest BCUT2D eigenvalue weighted by Gasteiger charge is 2.13. The van der Waals surface area contributed by atoms with Gasteiger partial charge in [-0.2, -0.15) is 4.98 Å². The third-order valence-electron chi connectivity index (χ3n) is 4.61. The molecule has 0 saturated carbocycles. The van der Waals surface area contributed by atoms with Crippen LogP contribution in [0.2, 0.25) is 0 Å². The Morgan fingerprint density at radius 1 is 1.00 bits per heavy atom. The van der Waals surface area contributed by atoms with Gasteiger partial charge >= 0.3 is 6.01 Å². The van der Waals surface area contributed by atoms with Crippen molar-refractivity contribution in [2.24, 2.45) is 5.73 Å². The molecule has 0 saturated heterocycles. The maximum absolute atomic E-state index is 5.94. The maximum atomic E-state index is 5.94. The number of hydrogen-bond donors (Lipinski definition) is 2. The molecule has 0 bridgehead atoms. The highest BCUT2D eigenvalue weighted by atomic mass is 16.7. The zero-order valence-corrected chi connectivity index (χ0v) is 15.9. The van der Waals surface area contributed by atoms with Crippen molar-refractivity contribution in [1.82, 2.24) is 25.1 Å². The molecule has 8 nitrogen and oxygen atoms in total. The molecule has 2 heterocycles. The van der Waals surface area contributed by atoms with Gasteiger partial charge in [-0.25, -0.2) is 4.98 Å². The Bertz CT molecular complexity index is 1390. The van der Waals surface area contributed by atoms with Crippen molar-refractivity contribution in [1.29, 1.82) is 0 Å². The molecule has 0 amide bonds. The Balaban J connectivity index is 1.50. The molecule has 0 aliphatic heterocycles. The van der Waals surface area contributed by atoms with E-state index in [1.54, 1.807) is 6.20 Å². The first-order valence-electron chi connectivity index (χ1n) is 9.24. The minimum absolute atomic E-state index is 0.0962. The molecule has 0 unspecified atom stereocenters. The van der Waals surface area contributed by atoms with Crippen molar-refractivity contribution in [3.8, 4) is 6.01 Å². The summed E-state index contributed by atoms with van der Waals surface area (Å²) < 4.78 is 0. The van der Waals surface area contributed by atoms with Gasteiger partial charge in [0.15, 0.2) is 0 Å². The summed E-state index contributed by atoms with van der Waals surface area (Å²) >= 11 is 0. The molecule has 146 valence electrons. The topological polar surface area (TPSA) is 104 Å². The van der Waals surface area contributed by atoms with Gasteiger partial charge in [-0.3, -0.25) is 0 Å². The number of aromatic nitrogens is 5. The molecule has 3 N–H and O–H groups in total. The summed E-state index contributed by atoms with van der Waals surface area (Å²) in [5, 5.41) is 13.6. The van der Waals surface area contributed by atoms with Gasteiger partial charge in [0, 0.05) is 17.6 Å². The van der Waals surface area contributed by atoms with E-state index in [2.05, 4.69) is 38.2 Å². The number of anilines is 2. The second-order valence-corrected chi connectivity index (χ2v) is 6.67. The van der Waals surface area contributed by atoms with Crippen molar-refractivity contribution in [2.45, 2.75) is 0 Å². The number of rotatable bonds is 5. The molecule has 2 aromatic heterocycles. The van der Waals surface area contributed by atoms with Crippen molar-refractivity contribution < 1.29 is 4.84 Å². The third-order valence-corrected chi connectivity index (χ3v) is 4.61. The van der Waals surface area contributed by atoms with Crippen molar-refractivity contribution >= 4 is 39.0 Å². The molecule has 0 spiro atoms. The Labute approximate surface area is 171 Å². The van der Waals surface area contributed by atoms with Crippen LogP contribution in [0.1, 0.15) is 5.56 Å². The third kappa shape index (κ3) is 3.26. The summed E-state index contributed by atoms with van der Waals surface area (Å²) in [6, 6.07) is 21.7. The number of hydrogen-bond acceptors (Lipinski definition) is 7. The number of fused-ring (bicyclic) bond motifs is 2. The van der Waals surface area contributed by atoms with Crippen molar-refractivity contribution in [3.63, 3.8) is 0 Å². The summed E-state index contributed by atoms with van der Waals surface area (Å²) in [6.07, 6.45) is 1.56. The Morgan fingerprint density at radius 3 is 2.67 bits per heavy atom. The van der Waals surface area contributed by atoms with E-state index in [1.165, 1.54) is 4.85 Å². The van der Waals surface area contributed by atoms with E-state index in [9.17, 15) is 0 Å². The maximum Gasteiger partial charge on any atom is 0.347 e.